The second-order valence-electron chi connectivity index (χ2n) is 5.83. The Morgan fingerprint density at radius 2 is 1.88 bits per heavy atom. The highest BCUT2D eigenvalue weighted by Gasteiger charge is 2.64. The van der Waals surface area contributed by atoms with Crippen molar-refractivity contribution >= 4 is 0 Å². The summed E-state index contributed by atoms with van der Waals surface area (Å²) in [6.45, 7) is 7.64. The van der Waals surface area contributed by atoms with Gasteiger partial charge in [0.15, 0.2) is 5.79 Å². The van der Waals surface area contributed by atoms with Gasteiger partial charge in [0.2, 0.25) is 5.79 Å². The van der Waals surface area contributed by atoms with E-state index in [0.29, 0.717) is 6.42 Å². The first kappa shape index (κ1) is 11.2. The first-order valence-electron chi connectivity index (χ1n) is 5.99. The van der Waals surface area contributed by atoms with Crippen molar-refractivity contribution in [2.45, 2.75) is 51.3 Å². The summed E-state index contributed by atoms with van der Waals surface area (Å²) in [6, 6.07) is 6.11. The van der Waals surface area contributed by atoms with Crippen molar-refractivity contribution < 1.29 is 14.6 Å². The predicted octanol–water partition coefficient (Wildman–Crippen LogP) is 2.24. The minimum atomic E-state index is -1.35. The van der Waals surface area contributed by atoms with Gasteiger partial charge in [-0.2, -0.15) is 0 Å². The topological polar surface area (TPSA) is 38.7 Å². The van der Waals surface area contributed by atoms with Crippen LogP contribution in [-0.2, 0) is 21.7 Å². The highest BCUT2D eigenvalue weighted by Crippen LogP contribution is 2.54. The van der Waals surface area contributed by atoms with Crippen LogP contribution in [0, 0.1) is 6.92 Å². The van der Waals surface area contributed by atoms with Crippen LogP contribution in [0.15, 0.2) is 18.2 Å². The number of benzene rings is 1. The summed E-state index contributed by atoms with van der Waals surface area (Å²) in [5, 5.41) is 10.8. The van der Waals surface area contributed by atoms with E-state index in [-0.39, 0.29) is 0 Å². The van der Waals surface area contributed by atoms with Gasteiger partial charge in [0.05, 0.1) is 0 Å². The van der Waals surface area contributed by atoms with E-state index < -0.39 is 17.2 Å². The van der Waals surface area contributed by atoms with Crippen LogP contribution in [0.1, 0.15) is 37.5 Å². The number of hydrogen-bond acceptors (Lipinski definition) is 3. The first-order chi connectivity index (χ1) is 7.76. The van der Waals surface area contributed by atoms with Gasteiger partial charge in [-0.3, -0.25) is 0 Å². The van der Waals surface area contributed by atoms with Crippen molar-refractivity contribution in [2.75, 3.05) is 0 Å². The maximum Gasteiger partial charge on any atom is 0.224 e. The van der Waals surface area contributed by atoms with Gasteiger partial charge in [-0.15, -0.1) is 0 Å². The van der Waals surface area contributed by atoms with Gasteiger partial charge in [-0.05, 0) is 33.3 Å². The molecule has 3 heteroatoms. The summed E-state index contributed by atoms with van der Waals surface area (Å²) in [5.74, 6) is -2.07. The molecule has 2 unspecified atom stereocenters. The maximum absolute atomic E-state index is 10.8. The fourth-order valence-electron chi connectivity index (χ4n) is 3.02. The quantitative estimate of drug-likeness (QED) is 0.748. The molecule has 2 bridgehead atoms. The van der Waals surface area contributed by atoms with E-state index >= 15 is 0 Å². The molecule has 2 aliphatic rings. The minimum Gasteiger partial charge on any atom is -0.359 e. The fourth-order valence-corrected chi connectivity index (χ4v) is 3.02. The Bertz CT molecular complexity index is 494. The van der Waals surface area contributed by atoms with Crippen molar-refractivity contribution in [2.24, 2.45) is 0 Å². The van der Waals surface area contributed by atoms with E-state index in [4.69, 9.17) is 9.47 Å². The molecule has 1 fully saturated rings. The van der Waals surface area contributed by atoms with Crippen LogP contribution >= 0.6 is 0 Å². The van der Waals surface area contributed by atoms with E-state index in [1.165, 1.54) is 0 Å². The molecule has 0 radical (unpaired) electrons. The number of rotatable bonds is 0. The molecule has 1 N–H and O–H groups in total. The molecule has 3 rings (SSSR count). The van der Waals surface area contributed by atoms with Gasteiger partial charge in [0, 0.05) is 12.0 Å². The molecule has 0 aliphatic carbocycles. The standard InChI is InChI=1S/C14H18O3/c1-9-5-6-10-8-13(4)16-12(2,3)14(15,17-13)11(10)7-9/h5-7,15H,8H2,1-4H3. The van der Waals surface area contributed by atoms with Gasteiger partial charge in [0.1, 0.15) is 5.60 Å². The molecular formula is C14H18O3. The second kappa shape index (κ2) is 2.91. The second-order valence-corrected chi connectivity index (χ2v) is 5.83. The zero-order valence-electron chi connectivity index (χ0n) is 10.7. The third-order valence-corrected chi connectivity index (χ3v) is 3.79. The SMILES string of the molecule is Cc1ccc2c(c1)C1(O)OC(C)(C2)OC1(C)C. The van der Waals surface area contributed by atoms with Gasteiger partial charge in [0.25, 0.3) is 0 Å². The van der Waals surface area contributed by atoms with Crippen LogP contribution in [0.3, 0.4) is 0 Å². The van der Waals surface area contributed by atoms with Crippen LogP contribution < -0.4 is 0 Å². The molecule has 1 aromatic carbocycles. The number of fused-ring (bicyclic) bond motifs is 4. The monoisotopic (exact) mass is 234 g/mol. The van der Waals surface area contributed by atoms with Gasteiger partial charge < -0.3 is 14.6 Å². The van der Waals surface area contributed by atoms with Crippen molar-refractivity contribution in [3.8, 4) is 0 Å². The fraction of sp³-hybridized carbons (Fsp3) is 0.571. The van der Waals surface area contributed by atoms with E-state index in [0.717, 1.165) is 16.7 Å². The normalized spacial score (nSPS) is 37.9. The molecule has 0 amide bonds. The summed E-state index contributed by atoms with van der Waals surface area (Å²) in [5.41, 5.74) is 2.34. The van der Waals surface area contributed by atoms with Crippen molar-refractivity contribution in [1.82, 2.24) is 0 Å². The number of hydrogen-bond donors (Lipinski definition) is 1. The predicted molar refractivity (Wildman–Crippen MR) is 63.4 cm³/mol. The van der Waals surface area contributed by atoms with Gasteiger partial charge in [-0.25, -0.2) is 0 Å². The third-order valence-electron chi connectivity index (χ3n) is 3.79. The highest BCUT2D eigenvalue weighted by atomic mass is 16.8. The third kappa shape index (κ3) is 1.33. The molecule has 1 aromatic rings. The molecule has 2 atom stereocenters. The minimum absolute atomic E-state index is 0.675. The summed E-state index contributed by atoms with van der Waals surface area (Å²) in [7, 11) is 0. The highest BCUT2D eigenvalue weighted by molar-refractivity contribution is 5.40. The number of ether oxygens (including phenoxy) is 2. The summed E-state index contributed by atoms with van der Waals surface area (Å²) in [4.78, 5) is 0. The van der Waals surface area contributed by atoms with Crippen molar-refractivity contribution in [1.29, 1.82) is 0 Å². The average molecular weight is 234 g/mol. The molecule has 0 spiro atoms. The zero-order valence-corrected chi connectivity index (χ0v) is 10.7. The summed E-state index contributed by atoms with van der Waals surface area (Å²) in [6.07, 6.45) is 0.675. The molecular weight excluding hydrogens is 216 g/mol. The largest absolute Gasteiger partial charge is 0.359 e. The molecule has 2 aliphatic heterocycles. The number of aliphatic hydroxyl groups is 1. The van der Waals surface area contributed by atoms with E-state index in [9.17, 15) is 5.11 Å². The van der Waals surface area contributed by atoms with Crippen LogP contribution in [0.4, 0.5) is 0 Å². The zero-order chi connectivity index (χ0) is 12.5. The lowest BCUT2D eigenvalue weighted by molar-refractivity contribution is -0.258. The smallest absolute Gasteiger partial charge is 0.224 e. The molecule has 1 saturated heterocycles. The Hall–Kier alpha value is -0.900. The maximum atomic E-state index is 10.8. The first-order valence-corrected chi connectivity index (χ1v) is 5.99. The van der Waals surface area contributed by atoms with E-state index in [1.807, 2.05) is 33.8 Å². The molecule has 17 heavy (non-hydrogen) atoms. The van der Waals surface area contributed by atoms with Crippen LogP contribution in [0.5, 0.6) is 0 Å². The van der Waals surface area contributed by atoms with Gasteiger partial charge in [-0.1, -0.05) is 23.8 Å². The number of aryl methyl sites for hydroxylation is 1. The lowest BCUT2D eigenvalue weighted by Crippen LogP contribution is -2.46. The average Bonchev–Trinajstić information content (AvgIpc) is 2.32. The lowest BCUT2D eigenvalue weighted by atomic mass is 9.84. The van der Waals surface area contributed by atoms with E-state index in [1.54, 1.807) is 0 Å². The Morgan fingerprint density at radius 1 is 1.18 bits per heavy atom. The Morgan fingerprint density at radius 3 is 2.59 bits per heavy atom. The Kier molecular flexibility index (Phi) is 1.92. The van der Waals surface area contributed by atoms with Crippen molar-refractivity contribution in [3.63, 3.8) is 0 Å². The summed E-state index contributed by atoms with van der Waals surface area (Å²) >= 11 is 0. The van der Waals surface area contributed by atoms with Crippen molar-refractivity contribution in [3.05, 3.63) is 34.9 Å². The lowest BCUT2D eigenvalue weighted by Gasteiger charge is -2.37. The molecule has 0 aromatic heterocycles. The van der Waals surface area contributed by atoms with Crippen LogP contribution in [0.2, 0.25) is 0 Å². The summed E-state index contributed by atoms with van der Waals surface area (Å²) < 4.78 is 11.7. The molecule has 3 nitrogen and oxygen atoms in total. The Labute approximate surface area is 101 Å². The Balaban J connectivity index is 2.26. The van der Waals surface area contributed by atoms with Crippen LogP contribution in [-0.4, -0.2) is 16.5 Å². The van der Waals surface area contributed by atoms with Crippen LogP contribution in [0.25, 0.3) is 0 Å². The molecule has 0 saturated carbocycles. The van der Waals surface area contributed by atoms with Gasteiger partial charge >= 0.3 is 0 Å². The molecule has 92 valence electrons. The van der Waals surface area contributed by atoms with E-state index in [2.05, 4.69) is 12.1 Å². The molecule has 2 heterocycles.